The van der Waals surface area contributed by atoms with E-state index in [4.69, 9.17) is 0 Å². The molecule has 1 aromatic heterocycles. The molecule has 0 atom stereocenters. The van der Waals surface area contributed by atoms with Crippen molar-refractivity contribution in [1.82, 2.24) is 20.5 Å². The molecule has 0 aromatic carbocycles. The Hall–Kier alpha value is -1.38. The van der Waals surface area contributed by atoms with E-state index in [2.05, 4.69) is 20.6 Å². The number of hydrogen-bond acceptors (Lipinski definition) is 3. The number of nitrogens with one attached hydrogen (secondary N) is 2. The van der Waals surface area contributed by atoms with E-state index in [1.807, 2.05) is 18.2 Å². The van der Waals surface area contributed by atoms with Gasteiger partial charge < -0.3 is 15.5 Å². The van der Waals surface area contributed by atoms with Gasteiger partial charge in [0.05, 0.1) is 0 Å². The van der Waals surface area contributed by atoms with Crippen molar-refractivity contribution in [3.8, 4) is 0 Å². The molecular weight excluding hydrogens is 381 g/mol. The number of nitrogens with zero attached hydrogens (tertiary/aromatic N) is 3. The first-order valence-corrected chi connectivity index (χ1v) is 6.68. The molecule has 1 amide bonds. The fourth-order valence-electron chi connectivity index (χ4n) is 1.59. The molecule has 0 aliphatic heterocycles. The average molecular weight is 405 g/mol. The minimum atomic E-state index is 0. The highest BCUT2D eigenvalue weighted by molar-refractivity contribution is 14.0. The molecule has 0 aliphatic carbocycles. The molecule has 0 spiro atoms. The summed E-state index contributed by atoms with van der Waals surface area (Å²) in [6, 6.07) is 5.87. The molecule has 7 heteroatoms. The second-order valence-corrected chi connectivity index (χ2v) is 4.54. The van der Waals surface area contributed by atoms with E-state index in [0.717, 1.165) is 18.7 Å². The predicted molar refractivity (Wildman–Crippen MR) is 96.0 cm³/mol. The molecule has 1 heterocycles. The minimum Gasteiger partial charge on any atom is -0.356 e. The quantitative estimate of drug-likeness (QED) is 0.419. The van der Waals surface area contributed by atoms with Gasteiger partial charge in [-0.25, -0.2) is 0 Å². The average Bonchev–Trinajstić information content (AvgIpc) is 2.46. The highest BCUT2D eigenvalue weighted by Gasteiger charge is 2.04. The number of amides is 1. The maximum atomic E-state index is 11.4. The fourth-order valence-corrected chi connectivity index (χ4v) is 1.59. The zero-order valence-corrected chi connectivity index (χ0v) is 15.1. The molecule has 1 rings (SSSR count). The highest BCUT2D eigenvalue weighted by atomic mass is 127. The van der Waals surface area contributed by atoms with Gasteiger partial charge in [0.1, 0.15) is 0 Å². The monoisotopic (exact) mass is 405 g/mol. The van der Waals surface area contributed by atoms with Crippen molar-refractivity contribution in [3.63, 3.8) is 0 Å². The van der Waals surface area contributed by atoms with Crippen LogP contribution in [0.5, 0.6) is 0 Å². The first-order chi connectivity index (χ1) is 9.63. The fraction of sp³-hybridized carbons (Fsp3) is 0.500. The van der Waals surface area contributed by atoms with Crippen LogP contribution in [0.1, 0.15) is 12.1 Å². The third-order valence-corrected chi connectivity index (χ3v) is 2.75. The van der Waals surface area contributed by atoms with Crippen molar-refractivity contribution in [2.75, 3.05) is 34.2 Å². The standard InChI is InChI=1S/C14H23N5O.HI/c1-15-14(18-11-8-13(20)19(2)3)17-10-7-12-6-4-5-9-16-12;/h4-6,9H,7-8,10-11H2,1-3H3,(H2,15,17,18);1H. The zero-order valence-electron chi connectivity index (χ0n) is 12.8. The van der Waals surface area contributed by atoms with Gasteiger partial charge in [-0.05, 0) is 12.1 Å². The Bertz CT molecular complexity index is 436. The number of carbonyl (C=O) groups excluding carboxylic acids is 1. The van der Waals surface area contributed by atoms with Gasteiger partial charge in [-0.1, -0.05) is 6.07 Å². The zero-order chi connectivity index (χ0) is 14.8. The van der Waals surface area contributed by atoms with E-state index >= 15 is 0 Å². The van der Waals surface area contributed by atoms with Crippen molar-refractivity contribution >= 4 is 35.8 Å². The lowest BCUT2D eigenvalue weighted by molar-refractivity contribution is -0.128. The third kappa shape index (κ3) is 8.49. The minimum absolute atomic E-state index is 0. The predicted octanol–water partition coefficient (Wildman–Crippen LogP) is 0.885. The van der Waals surface area contributed by atoms with Crippen LogP contribution in [0.25, 0.3) is 0 Å². The number of halogens is 1. The second-order valence-electron chi connectivity index (χ2n) is 4.54. The molecule has 0 radical (unpaired) electrons. The lowest BCUT2D eigenvalue weighted by atomic mass is 10.3. The van der Waals surface area contributed by atoms with Crippen LogP contribution < -0.4 is 10.6 Å². The smallest absolute Gasteiger partial charge is 0.223 e. The lowest BCUT2D eigenvalue weighted by Gasteiger charge is -2.13. The van der Waals surface area contributed by atoms with Crippen molar-refractivity contribution in [3.05, 3.63) is 30.1 Å². The van der Waals surface area contributed by atoms with Crippen LogP contribution in [0.4, 0.5) is 0 Å². The summed E-state index contributed by atoms with van der Waals surface area (Å²) in [6.07, 6.45) is 3.07. The summed E-state index contributed by atoms with van der Waals surface area (Å²) in [5.74, 6) is 0.800. The molecule has 1 aromatic rings. The van der Waals surface area contributed by atoms with E-state index in [1.165, 1.54) is 0 Å². The SMILES string of the molecule is CN=C(NCCC(=O)N(C)C)NCCc1ccccn1.I. The van der Waals surface area contributed by atoms with Gasteiger partial charge in [0, 0.05) is 59.0 Å². The molecule has 2 N–H and O–H groups in total. The topological polar surface area (TPSA) is 69.6 Å². The van der Waals surface area contributed by atoms with Crippen LogP contribution in [0.3, 0.4) is 0 Å². The maximum Gasteiger partial charge on any atom is 0.223 e. The molecule has 0 aliphatic rings. The van der Waals surface area contributed by atoms with Crippen LogP contribution in [0, 0.1) is 0 Å². The Morgan fingerprint density at radius 3 is 2.57 bits per heavy atom. The summed E-state index contributed by atoms with van der Waals surface area (Å²) in [5.41, 5.74) is 1.04. The molecular formula is C14H24IN5O. The van der Waals surface area contributed by atoms with Gasteiger partial charge in [-0.3, -0.25) is 14.8 Å². The number of aliphatic imine (C=N–C) groups is 1. The molecule has 118 valence electrons. The third-order valence-electron chi connectivity index (χ3n) is 2.75. The van der Waals surface area contributed by atoms with Crippen LogP contribution >= 0.6 is 24.0 Å². The van der Waals surface area contributed by atoms with Gasteiger partial charge >= 0.3 is 0 Å². The van der Waals surface area contributed by atoms with E-state index in [0.29, 0.717) is 18.9 Å². The van der Waals surface area contributed by atoms with Gasteiger partial charge in [0.25, 0.3) is 0 Å². The van der Waals surface area contributed by atoms with Crippen molar-refractivity contribution < 1.29 is 4.79 Å². The van der Waals surface area contributed by atoms with Gasteiger partial charge in [0.15, 0.2) is 5.96 Å². The molecule has 0 saturated heterocycles. The van der Waals surface area contributed by atoms with E-state index in [1.54, 1.807) is 32.2 Å². The summed E-state index contributed by atoms with van der Waals surface area (Å²) in [7, 11) is 5.22. The summed E-state index contributed by atoms with van der Waals surface area (Å²) >= 11 is 0. The van der Waals surface area contributed by atoms with Gasteiger partial charge in [-0.15, -0.1) is 24.0 Å². The number of rotatable bonds is 6. The van der Waals surface area contributed by atoms with Gasteiger partial charge in [-0.2, -0.15) is 0 Å². The largest absolute Gasteiger partial charge is 0.356 e. The molecule has 6 nitrogen and oxygen atoms in total. The van der Waals surface area contributed by atoms with E-state index < -0.39 is 0 Å². The number of hydrogen-bond donors (Lipinski definition) is 2. The van der Waals surface area contributed by atoms with E-state index in [-0.39, 0.29) is 29.9 Å². The summed E-state index contributed by atoms with van der Waals surface area (Å²) in [4.78, 5) is 21.4. The van der Waals surface area contributed by atoms with Crippen molar-refractivity contribution in [1.29, 1.82) is 0 Å². The summed E-state index contributed by atoms with van der Waals surface area (Å²) in [6.45, 7) is 1.32. The summed E-state index contributed by atoms with van der Waals surface area (Å²) in [5, 5.41) is 6.31. The molecule has 0 bridgehead atoms. The van der Waals surface area contributed by atoms with Crippen molar-refractivity contribution in [2.24, 2.45) is 4.99 Å². The summed E-state index contributed by atoms with van der Waals surface area (Å²) < 4.78 is 0. The Balaban J connectivity index is 0.00000400. The number of aromatic nitrogens is 1. The first kappa shape index (κ1) is 19.6. The van der Waals surface area contributed by atoms with Crippen molar-refractivity contribution in [2.45, 2.75) is 12.8 Å². The maximum absolute atomic E-state index is 11.4. The Kier molecular flexibility index (Phi) is 10.6. The van der Waals surface area contributed by atoms with Crippen LogP contribution in [0.2, 0.25) is 0 Å². The molecule has 0 unspecified atom stereocenters. The molecule has 0 saturated carbocycles. The van der Waals surface area contributed by atoms with Crippen LogP contribution in [0.15, 0.2) is 29.4 Å². The first-order valence-electron chi connectivity index (χ1n) is 6.68. The second kappa shape index (κ2) is 11.3. The van der Waals surface area contributed by atoms with Crippen LogP contribution in [-0.4, -0.2) is 56.0 Å². The number of guanidine groups is 1. The molecule has 0 fully saturated rings. The molecule has 21 heavy (non-hydrogen) atoms. The Labute approximate surface area is 143 Å². The highest BCUT2D eigenvalue weighted by Crippen LogP contribution is 1.93. The van der Waals surface area contributed by atoms with E-state index in [9.17, 15) is 4.79 Å². The lowest BCUT2D eigenvalue weighted by Crippen LogP contribution is -2.40. The van der Waals surface area contributed by atoms with Gasteiger partial charge in [0.2, 0.25) is 5.91 Å². The normalized spacial score (nSPS) is 10.5. The Morgan fingerprint density at radius 2 is 2.00 bits per heavy atom. The Morgan fingerprint density at radius 1 is 1.29 bits per heavy atom. The number of carbonyl (C=O) groups is 1. The van der Waals surface area contributed by atoms with Crippen LogP contribution in [-0.2, 0) is 11.2 Å². The number of pyridine rings is 1.